The van der Waals surface area contributed by atoms with Gasteiger partial charge in [-0.15, -0.1) is 19.6 Å². The third-order valence-corrected chi connectivity index (χ3v) is 11.9. The van der Waals surface area contributed by atoms with Crippen molar-refractivity contribution in [2.75, 3.05) is 37.7 Å². The molecule has 1 N–H and O–H groups in total. The summed E-state index contributed by atoms with van der Waals surface area (Å²) in [5, 5.41) is 5.44. The molecule has 4 atom stereocenters. The number of pyridine rings is 1. The second-order valence-corrected chi connectivity index (χ2v) is 15.4. The number of fused-ring (bicyclic) bond motifs is 6. The van der Waals surface area contributed by atoms with Crippen molar-refractivity contribution in [3.8, 4) is 29.6 Å². The minimum Gasteiger partial charge on any atom is -0.463 e. The molecule has 1 saturated carbocycles. The Kier molecular flexibility index (Phi) is 8.10. The van der Waals surface area contributed by atoms with E-state index in [9.17, 15) is 13.2 Å². The van der Waals surface area contributed by atoms with E-state index in [1.807, 2.05) is 6.07 Å². The Balaban J connectivity index is 1.10. The van der Waals surface area contributed by atoms with E-state index in [0.29, 0.717) is 85.3 Å². The number of ether oxygens (including phenoxy) is 2. The third kappa shape index (κ3) is 5.93. The fourth-order valence-corrected chi connectivity index (χ4v) is 9.28. The SMILES string of the molecule is C#Cc1c(F)ccc2cccc(-c3nc4c5c(nc(OCC6(CN7CCC(OC(F)(F)F)CC7)CC6)nc5c3F)N3C[C@H]5CC[C@H](N5)[C@@H]3[C@@H](C)C4)c12. The molecular formula is C39H39F5N6O2. The van der Waals surface area contributed by atoms with Gasteiger partial charge in [-0.1, -0.05) is 37.1 Å². The van der Waals surface area contributed by atoms with Gasteiger partial charge in [-0.05, 0) is 62.3 Å². The molecule has 4 aromatic rings. The zero-order valence-electron chi connectivity index (χ0n) is 28.8. The van der Waals surface area contributed by atoms with Crippen molar-refractivity contribution in [3.05, 3.63) is 53.2 Å². The normalized spacial score (nSPS) is 25.6. The van der Waals surface area contributed by atoms with E-state index in [1.54, 1.807) is 18.2 Å². The molecule has 4 fully saturated rings. The smallest absolute Gasteiger partial charge is 0.463 e. The number of nitrogens with one attached hydrogen (secondary N) is 1. The molecular weight excluding hydrogens is 679 g/mol. The van der Waals surface area contributed by atoms with Gasteiger partial charge in [0.25, 0.3) is 0 Å². The summed E-state index contributed by atoms with van der Waals surface area (Å²) >= 11 is 0. The Labute approximate surface area is 298 Å². The first-order chi connectivity index (χ1) is 25.0. The quantitative estimate of drug-likeness (QED) is 0.166. The lowest BCUT2D eigenvalue weighted by Crippen LogP contribution is -2.60. The summed E-state index contributed by atoms with van der Waals surface area (Å²) in [5.41, 5.74) is 1.08. The molecule has 6 heterocycles. The van der Waals surface area contributed by atoms with Crippen LogP contribution in [0.25, 0.3) is 32.9 Å². The molecule has 0 radical (unpaired) electrons. The van der Waals surface area contributed by atoms with Crippen LogP contribution in [0.15, 0.2) is 30.3 Å². The van der Waals surface area contributed by atoms with Crippen LogP contribution in [-0.4, -0.2) is 83.2 Å². The summed E-state index contributed by atoms with van der Waals surface area (Å²) < 4.78 is 81.2. The minimum atomic E-state index is -4.63. The molecule has 52 heavy (non-hydrogen) atoms. The number of anilines is 1. The zero-order chi connectivity index (χ0) is 35.9. The highest BCUT2D eigenvalue weighted by Gasteiger charge is 2.48. The Morgan fingerprint density at radius 1 is 1.02 bits per heavy atom. The number of hydrogen-bond donors (Lipinski definition) is 1. The van der Waals surface area contributed by atoms with Crippen LogP contribution in [-0.2, 0) is 11.2 Å². The van der Waals surface area contributed by atoms with Crippen LogP contribution in [0.3, 0.4) is 0 Å². The van der Waals surface area contributed by atoms with Crippen LogP contribution in [0.5, 0.6) is 6.01 Å². The van der Waals surface area contributed by atoms with Gasteiger partial charge < -0.3 is 19.9 Å². The minimum absolute atomic E-state index is 0.0482. The monoisotopic (exact) mass is 718 g/mol. The molecule has 0 unspecified atom stereocenters. The average Bonchev–Trinajstić information content (AvgIpc) is 3.81. The average molecular weight is 719 g/mol. The van der Waals surface area contributed by atoms with Crippen molar-refractivity contribution in [2.45, 2.75) is 82.5 Å². The highest BCUT2D eigenvalue weighted by atomic mass is 19.4. The lowest BCUT2D eigenvalue weighted by molar-refractivity contribution is -0.345. The number of likely N-dealkylation sites (tertiary alicyclic amines) is 1. The molecule has 1 aliphatic carbocycles. The van der Waals surface area contributed by atoms with E-state index in [0.717, 1.165) is 25.7 Å². The van der Waals surface area contributed by atoms with E-state index in [-0.39, 0.29) is 52.2 Å². The predicted octanol–water partition coefficient (Wildman–Crippen LogP) is 6.77. The van der Waals surface area contributed by atoms with Crippen LogP contribution in [0.4, 0.5) is 27.8 Å². The van der Waals surface area contributed by atoms with Crippen LogP contribution >= 0.6 is 0 Å². The standard InChI is InChI=1S/C39H39F5N6O2/c1-3-25-27(40)9-7-22-5-4-6-26(30(22)25)33-32(41)34-31-29(46-33)17-21(2)35-28-10-8-23(45-28)18-50(35)36(31)48-37(47-34)51-20-38(13-14-38)19-49-15-11-24(12-16-49)52-39(42,43)44/h1,4-7,9,21,23-24,28,35,45H,8,10-20H2,2H3/t21-,23+,28-,35-/m0/s1. The third-order valence-electron chi connectivity index (χ3n) is 11.9. The van der Waals surface area contributed by atoms with Crippen molar-refractivity contribution >= 4 is 27.5 Å². The van der Waals surface area contributed by atoms with Gasteiger partial charge in [0.15, 0.2) is 5.82 Å². The molecule has 272 valence electrons. The fourth-order valence-electron chi connectivity index (χ4n) is 9.28. The van der Waals surface area contributed by atoms with Gasteiger partial charge in [0.1, 0.15) is 22.8 Å². The van der Waals surface area contributed by atoms with Crippen molar-refractivity contribution in [3.63, 3.8) is 0 Å². The second-order valence-electron chi connectivity index (χ2n) is 15.4. The van der Waals surface area contributed by atoms with E-state index in [1.165, 1.54) is 6.07 Å². The van der Waals surface area contributed by atoms with Gasteiger partial charge in [0, 0.05) is 60.7 Å². The summed E-state index contributed by atoms with van der Waals surface area (Å²) in [4.78, 5) is 19.2. The lowest BCUT2D eigenvalue weighted by atomic mass is 9.89. The zero-order valence-corrected chi connectivity index (χ0v) is 28.8. The summed E-state index contributed by atoms with van der Waals surface area (Å²) in [6.07, 6.45) is 5.41. The number of hydrogen-bond acceptors (Lipinski definition) is 8. The molecule has 0 spiro atoms. The van der Waals surface area contributed by atoms with Gasteiger partial charge in [-0.25, -0.2) is 13.8 Å². The van der Waals surface area contributed by atoms with Gasteiger partial charge in [-0.3, -0.25) is 4.74 Å². The van der Waals surface area contributed by atoms with Crippen LogP contribution in [0.2, 0.25) is 0 Å². The molecule has 2 bridgehead atoms. The topological polar surface area (TPSA) is 75.6 Å². The van der Waals surface area contributed by atoms with Gasteiger partial charge >= 0.3 is 12.4 Å². The summed E-state index contributed by atoms with van der Waals surface area (Å²) in [5.74, 6) is 2.01. The molecule has 8 nitrogen and oxygen atoms in total. The first-order valence-corrected chi connectivity index (χ1v) is 18.2. The number of halogens is 5. The van der Waals surface area contributed by atoms with E-state index in [2.05, 4.69) is 32.7 Å². The van der Waals surface area contributed by atoms with Crippen molar-refractivity contribution < 1.29 is 31.4 Å². The number of benzene rings is 2. The maximum absolute atomic E-state index is 17.2. The molecule has 9 rings (SSSR count). The van der Waals surface area contributed by atoms with Crippen LogP contribution in [0, 0.1) is 35.3 Å². The Hall–Kier alpha value is -4.12. The number of aromatic nitrogens is 3. The van der Waals surface area contributed by atoms with Crippen LogP contribution < -0.4 is 15.0 Å². The highest BCUT2D eigenvalue weighted by molar-refractivity contribution is 6.02. The maximum atomic E-state index is 17.2. The van der Waals surface area contributed by atoms with E-state index < -0.39 is 24.1 Å². The number of piperidine rings is 1. The maximum Gasteiger partial charge on any atom is 0.522 e. The molecule has 3 saturated heterocycles. The highest BCUT2D eigenvalue weighted by Crippen LogP contribution is 2.48. The van der Waals surface area contributed by atoms with Crippen molar-refractivity contribution in [1.82, 2.24) is 25.2 Å². The first-order valence-electron chi connectivity index (χ1n) is 18.2. The van der Waals surface area contributed by atoms with Gasteiger partial charge in [0.05, 0.1) is 29.4 Å². The van der Waals surface area contributed by atoms with Gasteiger partial charge in [0.2, 0.25) is 0 Å². The predicted molar refractivity (Wildman–Crippen MR) is 186 cm³/mol. The largest absolute Gasteiger partial charge is 0.522 e. The molecule has 2 aromatic carbocycles. The molecule has 5 aliphatic rings. The Morgan fingerprint density at radius 2 is 1.83 bits per heavy atom. The molecule has 4 aliphatic heterocycles. The van der Waals surface area contributed by atoms with E-state index >= 15 is 8.78 Å². The summed E-state index contributed by atoms with van der Waals surface area (Å²) in [7, 11) is 0. The number of alkyl halides is 3. The fraction of sp³-hybridized carbons (Fsp3) is 0.513. The Morgan fingerprint density at radius 3 is 2.58 bits per heavy atom. The van der Waals surface area contributed by atoms with E-state index in [4.69, 9.17) is 26.1 Å². The molecule has 0 amide bonds. The molecule has 2 aromatic heterocycles. The van der Waals surface area contributed by atoms with Crippen LogP contribution in [0.1, 0.15) is 56.7 Å². The first kappa shape index (κ1) is 33.7. The van der Waals surface area contributed by atoms with Crippen molar-refractivity contribution in [1.29, 1.82) is 0 Å². The summed E-state index contributed by atoms with van der Waals surface area (Å²) in [6, 6.07) is 8.97. The van der Waals surface area contributed by atoms with Crippen molar-refractivity contribution in [2.24, 2.45) is 11.3 Å². The second kappa shape index (κ2) is 12.5. The number of terminal acetylenes is 1. The summed E-state index contributed by atoms with van der Waals surface area (Å²) in [6.45, 7) is 4.90. The molecule has 13 heteroatoms. The number of rotatable bonds is 7. The Bertz CT molecular complexity index is 2110. The number of piperazine rings is 1. The van der Waals surface area contributed by atoms with Gasteiger partial charge in [-0.2, -0.15) is 9.97 Å². The number of nitrogens with zero attached hydrogens (tertiary/aromatic N) is 5. The lowest BCUT2D eigenvalue weighted by Gasteiger charge is -2.43.